The molecular formula is C25H29IN6O2. The van der Waals surface area contributed by atoms with Crippen molar-refractivity contribution in [2.75, 3.05) is 36.0 Å². The summed E-state index contributed by atoms with van der Waals surface area (Å²) in [6.45, 7) is 5.53. The summed E-state index contributed by atoms with van der Waals surface area (Å²) in [7, 11) is 0. The maximum atomic E-state index is 13.4. The lowest BCUT2D eigenvalue weighted by Crippen LogP contribution is -2.44. The van der Waals surface area contributed by atoms with Gasteiger partial charge in [-0.1, -0.05) is 0 Å². The molecule has 4 aliphatic rings. The van der Waals surface area contributed by atoms with Crippen molar-refractivity contribution in [2.24, 2.45) is 23.1 Å². The Labute approximate surface area is 213 Å². The van der Waals surface area contributed by atoms with Gasteiger partial charge in [0.2, 0.25) is 5.95 Å². The molecule has 9 heteroatoms. The van der Waals surface area contributed by atoms with Crippen molar-refractivity contribution in [3.8, 4) is 0 Å². The third kappa shape index (κ3) is 4.06. The average molecular weight is 572 g/mol. The number of nitrogens with two attached hydrogens (primary N) is 1. The summed E-state index contributed by atoms with van der Waals surface area (Å²) in [5.41, 5.74) is 2.68. The molecule has 8 nitrogen and oxygen atoms in total. The van der Waals surface area contributed by atoms with Crippen molar-refractivity contribution in [1.29, 1.82) is 0 Å². The molecule has 1 aromatic heterocycles. The summed E-state index contributed by atoms with van der Waals surface area (Å²) in [5, 5.41) is 0.713. The largest absolute Gasteiger partial charge is 0.371 e. The quantitative estimate of drug-likeness (QED) is 0.197. The van der Waals surface area contributed by atoms with E-state index >= 15 is 0 Å². The monoisotopic (exact) mass is 572 g/mol. The molecule has 2 amide bonds. The molecule has 2 atom stereocenters. The lowest BCUT2D eigenvalue weighted by atomic mass is 9.93. The molecule has 2 unspecified atom stereocenters. The van der Waals surface area contributed by atoms with Gasteiger partial charge in [0.1, 0.15) is 5.69 Å². The number of aryl methyl sites for hydroxylation is 1. The minimum Gasteiger partial charge on any atom is -0.371 e. The van der Waals surface area contributed by atoms with Crippen LogP contribution in [0.2, 0.25) is 0 Å². The lowest BCUT2D eigenvalue weighted by Gasteiger charge is -2.35. The Morgan fingerprint density at radius 2 is 1.74 bits per heavy atom. The van der Waals surface area contributed by atoms with E-state index < -0.39 is 11.8 Å². The van der Waals surface area contributed by atoms with Gasteiger partial charge in [0.05, 0.1) is 11.3 Å². The molecular weight excluding hydrogens is 543 g/mol. The Hall–Kier alpha value is -2.27. The molecule has 178 valence electrons. The smallest absolute Gasteiger partial charge is 0.293 e. The number of amides is 2. The number of fused-ring (bicyclic) bond motifs is 1. The average Bonchev–Trinajstić information content (AvgIpc) is 3.74. The van der Waals surface area contributed by atoms with Gasteiger partial charge in [-0.05, 0) is 103 Å². The first-order valence-electron chi connectivity index (χ1n) is 12.1. The predicted octanol–water partition coefficient (Wildman–Crippen LogP) is 3.38. The number of hydrazine groups is 1. The summed E-state index contributed by atoms with van der Waals surface area (Å²) in [5.74, 6) is 7.01. The normalized spacial score (nSPS) is 24.2. The van der Waals surface area contributed by atoms with E-state index in [1.165, 1.54) is 19.3 Å². The van der Waals surface area contributed by atoms with Crippen LogP contribution < -0.4 is 15.6 Å². The summed E-state index contributed by atoms with van der Waals surface area (Å²) < 4.78 is 1.05. The Balaban J connectivity index is 1.24. The first-order chi connectivity index (χ1) is 16.3. The Morgan fingerprint density at radius 3 is 2.41 bits per heavy atom. The van der Waals surface area contributed by atoms with Crippen molar-refractivity contribution >= 4 is 46.0 Å². The molecule has 4 fully saturated rings. The number of aromatic nitrogens is 2. The highest BCUT2D eigenvalue weighted by Crippen LogP contribution is 2.54. The first kappa shape index (κ1) is 22.2. The second kappa shape index (κ2) is 8.15. The number of benzene rings is 1. The van der Waals surface area contributed by atoms with Gasteiger partial charge in [0.15, 0.2) is 0 Å². The number of hydrogen-bond donors (Lipinski definition) is 1. The van der Waals surface area contributed by atoms with Gasteiger partial charge in [0.25, 0.3) is 11.8 Å². The Morgan fingerprint density at radius 1 is 1.03 bits per heavy atom. The third-order valence-electron chi connectivity index (χ3n) is 8.07. The molecule has 0 bridgehead atoms. The molecule has 0 radical (unpaired) electrons. The number of imide groups is 1. The van der Waals surface area contributed by atoms with E-state index in [4.69, 9.17) is 5.84 Å². The van der Waals surface area contributed by atoms with Gasteiger partial charge < -0.3 is 9.80 Å². The minimum absolute atomic E-state index is 0.152. The topological polar surface area (TPSA) is 95.7 Å². The highest BCUT2D eigenvalue weighted by atomic mass is 127. The van der Waals surface area contributed by atoms with E-state index in [9.17, 15) is 9.59 Å². The molecule has 1 aromatic carbocycles. The maximum Gasteiger partial charge on any atom is 0.293 e. The number of hydrogen-bond acceptors (Lipinski definition) is 7. The van der Waals surface area contributed by atoms with Gasteiger partial charge in [-0.2, -0.15) is 0 Å². The summed E-state index contributed by atoms with van der Waals surface area (Å²) in [4.78, 5) is 40.1. The zero-order valence-electron chi connectivity index (χ0n) is 19.3. The van der Waals surface area contributed by atoms with Crippen molar-refractivity contribution in [3.63, 3.8) is 0 Å². The molecule has 2 aliphatic carbocycles. The van der Waals surface area contributed by atoms with Crippen molar-refractivity contribution in [2.45, 2.75) is 39.0 Å². The van der Waals surface area contributed by atoms with E-state index in [0.29, 0.717) is 27.6 Å². The SMILES string of the molecule is Cc1cc(C(=O)N(N)C(=O)c2ccc(I)cc2N2CCC3(CC2)CC3)nc(N2CC3CC3C2)n1. The van der Waals surface area contributed by atoms with E-state index in [0.717, 1.165) is 60.1 Å². The fraction of sp³-hybridized carbons (Fsp3) is 0.520. The van der Waals surface area contributed by atoms with Crippen molar-refractivity contribution < 1.29 is 9.59 Å². The van der Waals surface area contributed by atoms with Crippen molar-refractivity contribution in [1.82, 2.24) is 15.0 Å². The third-order valence-corrected chi connectivity index (χ3v) is 8.74. The fourth-order valence-electron chi connectivity index (χ4n) is 5.56. The van der Waals surface area contributed by atoms with E-state index in [1.807, 2.05) is 19.1 Å². The van der Waals surface area contributed by atoms with Crippen LogP contribution in [0.25, 0.3) is 0 Å². The summed E-state index contributed by atoms with van der Waals surface area (Å²) in [6, 6.07) is 7.28. The van der Waals surface area contributed by atoms with Gasteiger partial charge in [-0.15, -0.1) is 0 Å². The molecule has 3 heterocycles. The van der Waals surface area contributed by atoms with Gasteiger partial charge in [-0.3, -0.25) is 9.59 Å². The van der Waals surface area contributed by atoms with E-state index in [2.05, 4.69) is 42.4 Å². The maximum absolute atomic E-state index is 13.4. The number of halogens is 1. The lowest BCUT2D eigenvalue weighted by molar-refractivity contribution is 0.0612. The molecule has 2 saturated heterocycles. The number of piperidine rings is 2. The zero-order chi connectivity index (χ0) is 23.6. The van der Waals surface area contributed by atoms with Crippen LogP contribution in [0, 0.1) is 27.7 Å². The molecule has 2 N–H and O–H groups in total. The second-order valence-corrected chi connectivity index (χ2v) is 11.7. The van der Waals surface area contributed by atoms with Crippen LogP contribution in [-0.2, 0) is 0 Å². The van der Waals surface area contributed by atoms with Gasteiger partial charge in [0, 0.05) is 35.4 Å². The summed E-state index contributed by atoms with van der Waals surface area (Å²) in [6.07, 6.45) is 6.22. The van der Waals surface area contributed by atoms with Crippen LogP contribution in [0.15, 0.2) is 24.3 Å². The molecule has 2 aliphatic heterocycles. The fourth-order valence-corrected chi connectivity index (χ4v) is 6.03. The van der Waals surface area contributed by atoms with Crippen molar-refractivity contribution in [3.05, 3.63) is 44.8 Å². The number of carbonyl (C=O) groups is 2. The van der Waals surface area contributed by atoms with Crippen LogP contribution in [0.4, 0.5) is 11.6 Å². The number of anilines is 2. The van der Waals surface area contributed by atoms with Crippen LogP contribution in [0.5, 0.6) is 0 Å². The molecule has 2 aromatic rings. The molecule has 1 spiro atoms. The number of nitrogens with zero attached hydrogens (tertiary/aromatic N) is 5. The number of carbonyl (C=O) groups excluding carboxylic acids is 2. The van der Waals surface area contributed by atoms with Crippen LogP contribution >= 0.6 is 22.6 Å². The van der Waals surface area contributed by atoms with E-state index in [1.54, 1.807) is 12.1 Å². The predicted molar refractivity (Wildman–Crippen MR) is 138 cm³/mol. The summed E-state index contributed by atoms with van der Waals surface area (Å²) >= 11 is 2.26. The van der Waals surface area contributed by atoms with Gasteiger partial charge >= 0.3 is 0 Å². The van der Waals surface area contributed by atoms with E-state index in [-0.39, 0.29) is 5.69 Å². The van der Waals surface area contributed by atoms with Crippen LogP contribution in [0.3, 0.4) is 0 Å². The van der Waals surface area contributed by atoms with Crippen LogP contribution in [0.1, 0.15) is 58.6 Å². The highest BCUT2D eigenvalue weighted by Gasteiger charge is 2.46. The second-order valence-electron chi connectivity index (χ2n) is 10.5. The molecule has 2 saturated carbocycles. The Bertz CT molecular complexity index is 1160. The standard InChI is InChI=1S/C25H29IN6O2/c1-15-10-20(29-24(28-15)31-13-16-11-17(16)14-31)23(34)32(27)22(33)19-3-2-18(26)12-21(19)30-8-6-25(4-5-25)7-9-30/h2-3,10,12,16-17H,4-9,11,13-14,27H2,1H3. The molecule has 34 heavy (non-hydrogen) atoms. The first-order valence-corrected chi connectivity index (χ1v) is 13.2. The minimum atomic E-state index is -0.610. The number of rotatable bonds is 4. The van der Waals surface area contributed by atoms with Gasteiger partial charge in [-0.25, -0.2) is 20.8 Å². The highest BCUT2D eigenvalue weighted by molar-refractivity contribution is 14.1. The van der Waals surface area contributed by atoms with Crippen LogP contribution in [-0.4, -0.2) is 53.0 Å². The Kier molecular flexibility index (Phi) is 5.32. The zero-order valence-corrected chi connectivity index (χ0v) is 21.5. The molecule has 6 rings (SSSR count).